The first-order chi connectivity index (χ1) is 7.13. The van der Waals surface area contributed by atoms with Crippen LogP contribution >= 0.6 is 46.2 Å². The molecule has 0 heterocycles. The van der Waals surface area contributed by atoms with Crippen LogP contribution in [0.25, 0.3) is 0 Å². The average molecular weight is 356 g/mol. The number of halogens is 2. The zero-order valence-corrected chi connectivity index (χ0v) is 12.6. The van der Waals surface area contributed by atoms with E-state index in [0.717, 1.165) is 17.3 Å². The van der Waals surface area contributed by atoms with Gasteiger partial charge in [-0.05, 0) is 23.6 Å². The molecule has 1 aromatic rings. The molecule has 0 amide bonds. The Morgan fingerprint density at radius 1 is 1.47 bits per heavy atom. The van der Waals surface area contributed by atoms with Gasteiger partial charge >= 0.3 is 0 Å². The minimum absolute atomic E-state index is 0.703. The molecule has 0 unspecified atom stereocenters. The topological polar surface area (TPSA) is 12.0 Å². The summed E-state index contributed by atoms with van der Waals surface area (Å²) >= 11 is 10.0. The van der Waals surface area contributed by atoms with Crippen LogP contribution in [-0.4, -0.2) is 5.75 Å². The Labute approximate surface area is 115 Å². The van der Waals surface area contributed by atoms with Crippen LogP contribution in [0.5, 0.6) is 0 Å². The van der Waals surface area contributed by atoms with Crippen molar-refractivity contribution in [3.63, 3.8) is 0 Å². The van der Waals surface area contributed by atoms with Gasteiger partial charge in [-0.15, -0.1) is 11.8 Å². The third-order valence-electron chi connectivity index (χ3n) is 1.86. The monoisotopic (exact) mass is 355 g/mol. The smallest absolute Gasteiger partial charge is 0.0417 e. The molecule has 15 heavy (non-hydrogen) atoms. The van der Waals surface area contributed by atoms with Gasteiger partial charge in [0.1, 0.15) is 0 Å². The van der Waals surface area contributed by atoms with Crippen LogP contribution in [0.4, 0.5) is 0 Å². The van der Waals surface area contributed by atoms with E-state index in [2.05, 4.69) is 52.4 Å². The van der Waals surface area contributed by atoms with E-state index in [9.17, 15) is 0 Å². The van der Waals surface area contributed by atoms with Gasteiger partial charge in [-0.3, -0.25) is 3.53 Å². The lowest BCUT2D eigenvalue weighted by Gasteiger charge is -2.10. The fourth-order valence-electron chi connectivity index (χ4n) is 1.14. The molecule has 0 spiro atoms. The van der Waals surface area contributed by atoms with E-state index in [1.54, 1.807) is 0 Å². The maximum atomic E-state index is 6.00. The van der Waals surface area contributed by atoms with Crippen molar-refractivity contribution in [3.05, 3.63) is 28.8 Å². The molecular formula is C11H15ClINS. The van der Waals surface area contributed by atoms with Crippen LogP contribution in [0, 0.1) is 5.92 Å². The molecule has 0 aromatic heterocycles. The molecule has 0 aliphatic rings. The number of rotatable bonds is 5. The number of benzene rings is 1. The highest BCUT2D eigenvalue weighted by atomic mass is 127. The Hall–Kier alpha value is 0.550. The molecule has 1 nitrogen and oxygen atoms in total. The summed E-state index contributed by atoms with van der Waals surface area (Å²) in [6, 6.07) is 6.10. The summed E-state index contributed by atoms with van der Waals surface area (Å²) in [4.78, 5) is 1.29. The third kappa shape index (κ3) is 4.93. The first-order valence-electron chi connectivity index (χ1n) is 4.88. The molecule has 0 saturated heterocycles. The van der Waals surface area contributed by atoms with Crippen molar-refractivity contribution in [2.24, 2.45) is 5.92 Å². The van der Waals surface area contributed by atoms with Crippen LogP contribution in [-0.2, 0) is 6.54 Å². The van der Waals surface area contributed by atoms with Crippen LogP contribution in [0.2, 0.25) is 5.02 Å². The molecule has 1 rings (SSSR count). The van der Waals surface area contributed by atoms with E-state index in [-0.39, 0.29) is 0 Å². The maximum absolute atomic E-state index is 6.00. The second-order valence-electron chi connectivity index (χ2n) is 3.77. The first-order valence-corrected chi connectivity index (χ1v) is 7.32. The van der Waals surface area contributed by atoms with E-state index in [4.69, 9.17) is 11.6 Å². The largest absolute Gasteiger partial charge is 0.257 e. The molecule has 0 radical (unpaired) electrons. The molecular weight excluding hydrogens is 341 g/mol. The summed E-state index contributed by atoms with van der Waals surface area (Å²) in [6.45, 7) is 5.35. The van der Waals surface area contributed by atoms with Crippen molar-refractivity contribution in [2.75, 3.05) is 5.75 Å². The van der Waals surface area contributed by atoms with Gasteiger partial charge in [0, 0.05) is 45.1 Å². The fraction of sp³-hybridized carbons (Fsp3) is 0.455. The minimum atomic E-state index is 0.703. The van der Waals surface area contributed by atoms with Crippen molar-refractivity contribution < 1.29 is 0 Å². The normalized spacial score (nSPS) is 11.0. The molecule has 0 atom stereocenters. The van der Waals surface area contributed by atoms with E-state index < -0.39 is 0 Å². The van der Waals surface area contributed by atoms with Crippen molar-refractivity contribution in [2.45, 2.75) is 25.3 Å². The van der Waals surface area contributed by atoms with Crippen LogP contribution in [0.3, 0.4) is 0 Å². The van der Waals surface area contributed by atoms with E-state index in [0.29, 0.717) is 5.92 Å². The molecule has 84 valence electrons. The summed E-state index contributed by atoms with van der Waals surface area (Å²) in [5, 5.41) is 0.818. The first kappa shape index (κ1) is 13.6. The predicted octanol–water partition coefficient (Wildman–Crippen LogP) is 4.53. The van der Waals surface area contributed by atoms with Gasteiger partial charge in [0.25, 0.3) is 0 Å². The Morgan fingerprint density at radius 2 is 2.20 bits per heavy atom. The second-order valence-corrected chi connectivity index (χ2v) is 6.03. The summed E-state index contributed by atoms with van der Waals surface area (Å²) in [7, 11) is 0. The lowest BCUT2D eigenvalue weighted by molar-refractivity contribution is 0.750. The molecule has 0 aliphatic heterocycles. The molecule has 0 saturated carbocycles. The van der Waals surface area contributed by atoms with Crippen molar-refractivity contribution in [1.82, 2.24) is 3.53 Å². The molecule has 0 aliphatic carbocycles. The standard InChI is InChI=1S/C11H15ClINS/c1-8(2)7-15-11-5-10(12)4-3-9(11)6-14-13/h3-5,8,14H,6-7H2,1-2H3. The van der Waals surface area contributed by atoms with Crippen molar-refractivity contribution in [3.8, 4) is 0 Å². The van der Waals surface area contributed by atoms with Crippen LogP contribution < -0.4 is 3.53 Å². The molecule has 0 bridgehead atoms. The molecule has 1 N–H and O–H groups in total. The van der Waals surface area contributed by atoms with E-state index in [1.165, 1.54) is 10.5 Å². The number of thioether (sulfide) groups is 1. The van der Waals surface area contributed by atoms with Crippen LogP contribution in [0.15, 0.2) is 23.1 Å². The van der Waals surface area contributed by atoms with Gasteiger partial charge in [0.15, 0.2) is 0 Å². The van der Waals surface area contributed by atoms with E-state index in [1.807, 2.05) is 17.8 Å². The van der Waals surface area contributed by atoms with Gasteiger partial charge in [0.05, 0.1) is 0 Å². The molecule has 0 fully saturated rings. The molecule has 1 aromatic carbocycles. The lowest BCUT2D eigenvalue weighted by Crippen LogP contribution is -2.00. The summed E-state index contributed by atoms with van der Waals surface area (Å²) < 4.78 is 3.15. The third-order valence-corrected chi connectivity index (χ3v) is 4.00. The Kier molecular flexibility index (Phi) is 6.34. The zero-order valence-electron chi connectivity index (χ0n) is 8.89. The van der Waals surface area contributed by atoms with Gasteiger partial charge in [-0.2, -0.15) is 0 Å². The SMILES string of the molecule is CC(C)CSc1cc(Cl)ccc1CNI. The van der Waals surface area contributed by atoms with Gasteiger partial charge < -0.3 is 0 Å². The second kappa shape index (κ2) is 6.99. The predicted molar refractivity (Wildman–Crippen MR) is 77.9 cm³/mol. The van der Waals surface area contributed by atoms with Crippen LogP contribution in [0.1, 0.15) is 19.4 Å². The van der Waals surface area contributed by atoms with Crippen molar-refractivity contribution >= 4 is 46.2 Å². The van der Waals surface area contributed by atoms with E-state index >= 15 is 0 Å². The minimum Gasteiger partial charge on any atom is -0.257 e. The Morgan fingerprint density at radius 3 is 2.80 bits per heavy atom. The summed E-state index contributed by atoms with van der Waals surface area (Å²) in [5.41, 5.74) is 1.32. The number of hydrogen-bond acceptors (Lipinski definition) is 2. The number of hydrogen-bond donors (Lipinski definition) is 1. The quantitative estimate of drug-likeness (QED) is 0.473. The summed E-state index contributed by atoms with van der Waals surface area (Å²) in [5.74, 6) is 1.84. The van der Waals surface area contributed by atoms with Gasteiger partial charge in [0.2, 0.25) is 0 Å². The Bertz CT molecular complexity index is 317. The lowest BCUT2D eigenvalue weighted by atomic mass is 10.2. The van der Waals surface area contributed by atoms with Gasteiger partial charge in [-0.1, -0.05) is 31.5 Å². The summed E-state index contributed by atoms with van der Waals surface area (Å²) in [6.07, 6.45) is 0. The Balaban J connectivity index is 2.77. The highest BCUT2D eigenvalue weighted by Crippen LogP contribution is 2.27. The van der Waals surface area contributed by atoms with Gasteiger partial charge in [-0.25, -0.2) is 0 Å². The fourth-order valence-corrected chi connectivity index (χ4v) is 2.83. The van der Waals surface area contributed by atoms with Crippen molar-refractivity contribution in [1.29, 1.82) is 0 Å². The highest BCUT2D eigenvalue weighted by Gasteiger charge is 2.05. The average Bonchev–Trinajstić information content (AvgIpc) is 2.18. The zero-order chi connectivity index (χ0) is 11.3. The number of nitrogens with one attached hydrogen (secondary N) is 1. The molecule has 4 heteroatoms. The highest BCUT2D eigenvalue weighted by molar-refractivity contribution is 14.1. The maximum Gasteiger partial charge on any atom is 0.0417 e.